The molecule has 4 rings (SSSR count). The van der Waals surface area contributed by atoms with Crippen LogP contribution >= 0.6 is 22.9 Å². The molecule has 122 valence electrons. The maximum atomic E-state index is 12.4. The number of pyridine rings is 1. The van der Waals surface area contributed by atoms with Crippen LogP contribution in [0.25, 0.3) is 10.9 Å². The number of rotatable bonds is 4. The lowest BCUT2D eigenvalue weighted by atomic mass is 10.1. The van der Waals surface area contributed by atoms with E-state index in [9.17, 15) is 4.79 Å². The number of nitrogens with one attached hydrogen (secondary N) is 1. The minimum Gasteiger partial charge on any atom is -0.340 e. The fraction of sp³-hybridized carbons (Fsp3) is 0. The monoisotopic (exact) mass is 366 g/mol. The summed E-state index contributed by atoms with van der Waals surface area (Å²) >= 11 is 7.80. The lowest BCUT2D eigenvalue weighted by Gasteiger charge is -2.10. The molecule has 0 saturated heterocycles. The number of ketones is 1. The van der Waals surface area contributed by atoms with Crippen molar-refractivity contribution in [1.82, 2.24) is 15.0 Å². The van der Waals surface area contributed by atoms with Crippen LogP contribution < -0.4 is 5.32 Å². The number of hydrogen-bond donors (Lipinski definition) is 1. The van der Waals surface area contributed by atoms with Gasteiger partial charge in [0, 0.05) is 33.8 Å². The molecule has 0 spiro atoms. The van der Waals surface area contributed by atoms with Gasteiger partial charge < -0.3 is 5.32 Å². The first kappa shape index (κ1) is 15.7. The first-order chi connectivity index (χ1) is 12.2. The molecule has 0 saturated carbocycles. The third kappa shape index (κ3) is 3.09. The third-order valence-electron chi connectivity index (χ3n) is 3.70. The van der Waals surface area contributed by atoms with E-state index in [4.69, 9.17) is 11.6 Å². The summed E-state index contributed by atoms with van der Waals surface area (Å²) in [7, 11) is 0. The molecule has 5 nitrogen and oxygen atoms in total. The van der Waals surface area contributed by atoms with Crippen molar-refractivity contribution in [3.8, 4) is 0 Å². The Morgan fingerprint density at radius 2 is 2.08 bits per heavy atom. The van der Waals surface area contributed by atoms with Gasteiger partial charge in [-0.3, -0.25) is 9.78 Å². The van der Waals surface area contributed by atoms with E-state index in [0.717, 1.165) is 16.6 Å². The quantitative estimate of drug-likeness (QED) is 0.529. The second kappa shape index (κ2) is 6.58. The Kier molecular flexibility index (Phi) is 4.13. The first-order valence-electron chi connectivity index (χ1n) is 7.40. The number of halogens is 1. The molecule has 0 bridgehead atoms. The van der Waals surface area contributed by atoms with E-state index in [-0.39, 0.29) is 5.78 Å². The van der Waals surface area contributed by atoms with Crippen LogP contribution in [-0.2, 0) is 0 Å². The Morgan fingerprint density at radius 3 is 2.88 bits per heavy atom. The van der Waals surface area contributed by atoms with Gasteiger partial charge in [-0.25, -0.2) is 9.97 Å². The summed E-state index contributed by atoms with van der Waals surface area (Å²) in [6.07, 6.45) is 4.84. The molecule has 1 aromatic carbocycles. The third-order valence-corrected chi connectivity index (χ3v) is 4.69. The topological polar surface area (TPSA) is 67.8 Å². The normalized spacial score (nSPS) is 10.8. The smallest absolute Gasteiger partial charge is 0.195 e. The van der Waals surface area contributed by atoms with E-state index in [2.05, 4.69) is 20.3 Å². The summed E-state index contributed by atoms with van der Waals surface area (Å²) < 4.78 is 0. The Morgan fingerprint density at radius 1 is 1.16 bits per heavy atom. The van der Waals surface area contributed by atoms with E-state index < -0.39 is 0 Å². The van der Waals surface area contributed by atoms with Crippen LogP contribution in [0.2, 0.25) is 5.02 Å². The highest BCUT2D eigenvalue weighted by atomic mass is 35.5. The number of benzene rings is 1. The molecule has 4 aromatic rings. The molecule has 0 fully saturated rings. The Bertz CT molecular complexity index is 1060. The zero-order chi connectivity index (χ0) is 17.2. The predicted octanol–water partition coefficient (Wildman–Crippen LogP) is 4.71. The van der Waals surface area contributed by atoms with Crippen LogP contribution in [0.3, 0.4) is 0 Å². The molecule has 7 heteroatoms. The van der Waals surface area contributed by atoms with Crippen molar-refractivity contribution in [3.63, 3.8) is 0 Å². The molecule has 1 N–H and O–H groups in total. The highest BCUT2D eigenvalue weighted by Gasteiger charge is 2.14. The van der Waals surface area contributed by atoms with E-state index in [1.54, 1.807) is 36.7 Å². The van der Waals surface area contributed by atoms with Gasteiger partial charge in [0.15, 0.2) is 5.78 Å². The second-order valence-corrected chi connectivity index (χ2v) is 6.46. The molecule has 3 aromatic heterocycles. The highest BCUT2D eigenvalue weighted by molar-refractivity contribution is 7.08. The molecule has 0 atom stereocenters. The molecule has 0 aliphatic heterocycles. The van der Waals surface area contributed by atoms with Crippen molar-refractivity contribution in [2.24, 2.45) is 0 Å². The predicted molar refractivity (Wildman–Crippen MR) is 99.8 cm³/mol. The molecule has 0 unspecified atom stereocenters. The van der Waals surface area contributed by atoms with Gasteiger partial charge in [0.1, 0.15) is 12.1 Å². The van der Waals surface area contributed by atoms with Gasteiger partial charge in [-0.05, 0) is 35.7 Å². The molecule has 25 heavy (non-hydrogen) atoms. The van der Waals surface area contributed by atoms with Gasteiger partial charge in [-0.2, -0.15) is 11.3 Å². The van der Waals surface area contributed by atoms with Crippen LogP contribution in [-0.4, -0.2) is 20.7 Å². The zero-order valence-electron chi connectivity index (χ0n) is 12.8. The van der Waals surface area contributed by atoms with Crippen LogP contribution in [0, 0.1) is 0 Å². The minimum atomic E-state index is -0.0867. The van der Waals surface area contributed by atoms with E-state index in [1.807, 2.05) is 16.8 Å². The van der Waals surface area contributed by atoms with E-state index >= 15 is 0 Å². The number of fused-ring (bicyclic) bond motifs is 1. The van der Waals surface area contributed by atoms with Crippen molar-refractivity contribution in [2.75, 3.05) is 5.32 Å². The number of aromatic nitrogens is 3. The van der Waals surface area contributed by atoms with Gasteiger partial charge in [0.25, 0.3) is 0 Å². The Labute approximate surface area is 152 Å². The fourth-order valence-corrected chi connectivity index (χ4v) is 3.37. The molecule has 0 radical (unpaired) electrons. The van der Waals surface area contributed by atoms with Crippen molar-refractivity contribution >= 4 is 51.1 Å². The number of carbonyl (C=O) groups excluding carboxylic acids is 1. The number of hydrogen-bond acceptors (Lipinski definition) is 6. The average molecular weight is 367 g/mol. The molecule has 0 amide bonds. The lowest BCUT2D eigenvalue weighted by molar-refractivity contribution is 0.103. The van der Waals surface area contributed by atoms with Crippen molar-refractivity contribution in [3.05, 3.63) is 76.0 Å². The molecule has 0 aliphatic carbocycles. The number of thiophene rings is 1. The molecule has 3 heterocycles. The Balaban J connectivity index is 1.66. The van der Waals surface area contributed by atoms with Gasteiger partial charge in [-0.1, -0.05) is 11.6 Å². The summed E-state index contributed by atoms with van der Waals surface area (Å²) in [5.74, 6) is 0.566. The largest absolute Gasteiger partial charge is 0.340 e. The second-order valence-electron chi connectivity index (χ2n) is 5.28. The van der Waals surface area contributed by atoms with Crippen LogP contribution in [0.1, 0.15) is 15.9 Å². The summed E-state index contributed by atoms with van der Waals surface area (Å²) in [6, 6.07) is 8.87. The molecule has 0 aliphatic rings. The van der Waals surface area contributed by atoms with Gasteiger partial charge in [-0.15, -0.1) is 0 Å². The maximum Gasteiger partial charge on any atom is 0.195 e. The van der Waals surface area contributed by atoms with Crippen molar-refractivity contribution < 1.29 is 4.79 Å². The standard InChI is InChI=1S/C18H11ClN4OS/c19-15-7-12(1-2-13(15)17(24)11-4-6-25-9-11)23-18-14-3-5-20-8-16(14)21-10-22-18/h1-10H,(H,21,22,23). The summed E-state index contributed by atoms with van der Waals surface area (Å²) in [5.41, 5.74) is 2.60. The van der Waals surface area contributed by atoms with Crippen molar-refractivity contribution in [2.45, 2.75) is 0 Å². The van der Waals surface area contributed by atoms with Gasteiger partial charge >= 0.3 is 0 Å². The summed E-state index contributed by atoms with van der Waals surface area (Å²) in [6.45, 7) is 0. The van der Waals surface area contributed by atoms with E-state index in [0.29, 0.717) is 22.0 Å². The van der Waals surface area contributed by atoms with Crippen LogP contribution in [0.4, 0.5) is 11.5 Å². The maximum absolute atomic E-state index is 12.4. The van der Waals surface area contributed by atoms with Crippen molar-refractivity contribution in [1.29, 1.82) is 0 Å². The fourth-order valence-electron chi connectivity index (χ4n) is 2.47. The number of carbonyl (C=O) groups is 1. The van der Waals surface area contributed by atoms with Gasteiger partial charge in [0.2, 0.25) is 0 Å². The number of anilines is 2. The lowest BCUT2D eigenvalue weighted by Crippen LogP contribution is -2.02. The van der Waals surface area contributed by atoms with Gasteiger partial charge in [0.05, 0.1) is 16.7 Å². The SMILES string of the molecule is O=C(c1ccsc1)c1ccc(Nc2ncnc3cnccc23)cc1Cl. The molecular weight excluding hydrogens is 356 g/mol. The highest BCUT2D eigenvalue weighted by Crippen LogP contribution is 2.27. The zero-order valence-corrected chi connectivity index (χ0v) is 14.4. The Hall–Kier alpha value is -2.83. The first-order valence-corrected chi connectivity index (χ1v) is 8.72. The van der Waals surface area contributed by atoms with Crippen LogP contribution in [0.15, 0.2) is 59.8 Å². The number of nitrogens with zero attached hydrogens (tertiary/aromatic N) is 3. The molecular formula is C18H11ClN4OS. The average Bonchev–Trinajstić information content (AvgIpc) is 3.16. The van der Waals surface area contributed by atoms with E-state index in [1.165, 1.54) is 17.7 Å². The summed E-state index contributed by atoms with van der Waals surface area (Å²) in [5, 5.41) is 8.14. The van der Waals surface area contributed by atoms with Crippen LogP contribution in [0.5, 0.6) is 0 Å². The summed E-state index contributed by atoms with van der Waals surface area (Å²) in [4.78, 5) is 25.0. The minimum absolute atomic E-state index is 0.0867.